The minimum atomic E-state index is -0.890. The van der Waals surface area contributed by atoms with E-state index in [9.17, 15) is 19.1 Å². The number of rotatable bonds is 8. The topological polar surface area (TPSA) is 79.3 Å². The molecule has 1 saturated heterocycles. The molecule has 0 spiro atoms. The summed E-state index contributed by atoms with van der Waals surface area (Å²) in [5.41, 5.74) is 0.540. The fraction of sp³-hybridized carbons (Fsp3) is 0.333. The van der Waals surface area contributed by atoms with E-state index in [1.807, 2.05) is 19.0 Å². The molecule has 3 rings (SSSR count). The Kier molecular flexibility index (Phi) is 7.61. The summed E-state index contributed by atoms with van der Waals surface area (Å²) in [7, 11) is 6.63. The highest BCUT2D eigenvalue weighted by Gasteiger charge is 2.46. The first-order chi connectivity index (χ1) is 15.7. The second kappa shape index (κ2) is 10.2. The van der Waals surface area contributed by atoms with Crippen molar-refractivity contribution in [3.8, 4) is 11.5 Å². The number of hydrogen-bond acceptors (Lipinski definition) is 6. The number of hydrogen-bond donors (Lipinski definition) is 1. The molecule has 1 heterocycles. The van der Waals surface area contributed by atoms with E-state index in [-0.39, 0.29) is 34.2 Å². The number of methoxy groups -OCH3 is 2. The minimum absolute atomic E-state index is 0.112. The van der Waals surface area contributed by atoms with Crippen molar-refractivity contribution in [3.63, 3.8) is 0 Å². The van der Waals surface area contributed by atoms with E-state index >= 15 is 0 Å². The molecule has 1 atom stereocenters. The van der Waals surface area contributed by atoms with E-state index < -0.39 is 29.3 Å². The zero-order valence-electron chi connectivity index (χ0n) is 18.9. The van der Waals surface area contributed by atoms with Gasteiger partial charge in [-0.05, 0) is 50.8 Å². The lowest BCUT2D eigenvalue weighted by Crippen LogP contribution is -2.32. The van der Waals surface area contributed by atoms with Gasteiger partial charge < -0.3 is 24.4 Å². The largest absolute Gasteiger partial charge is 0.507 e. The highest BCUT2D eigenvalue weighted by Crippen LogP contribution is 2.43. The summed E-state index contributed by atoms with van der Waals surface area (Å²) in [5, 5.41) is 11.5. The number of halogens is 2. The van der Waals surface area contributed by atoms with Gasteiger partial charge in [0, 0.05) is 12.6 Å². The number of Topliss-reactive ketones (excluding diaryl/α,β-unsaturated/α-hetero) is 1. The van der Waals surface area contributed by atoms with Crippen LogP contribution < -0.4 is 9.47 Å². The molecule has 1 unspecified atom stereocenters. The number of aliphatic hydroxyl groups is 1. The predicted molar refractivity (Wildman–Crippen MR) is 123 cm³/mol. The van der Waals surface area contributed by atoms with Crippen molar-refractivity contribution in [2.45, 2.75) is 12.5 Å². The van der Waals surface area contributed by atoms with Crippen molar-refractivity contribution in [1.29, 1.82) is 0 Å². The zero-order valence-corrected chi connectivity index (χ0v) is 19.6. The molecule has 176 valence electrons. The number of amides is 1. The van der Waals surface area contributed by atoms with Gasteiger partial charge >= 0.3 is 0 Å². The average molecular weight is 477 g/mol. The molecular weight excluding hydrogens is 451 g/mol. The lowest BCUT2D eigenvalue weighted by Gasteiger charge is -2.26. The molecular formula is C24H26ClFN2O5. The first kappa shape index (κ1) is 24.5. The van der Waals surface area contributed by atoms with E-state index in [0.717, 1.165) is 0 Å². The Hall–Kier alpha value is -3.10. The molecule has 2 aromatic carbocycles. The molecule has 1 fully saturated rings. The molecule has 0 aliphatic carbocycles. The Bertz CT molecular complexity index is 1090. The minimum Gasteiger partial charge on any atom is -0.507 e. The molecule has 1 aliphatic rings. The van der Waals surface area contributed by atoms with Crippen LogP contribution in [-0.4, -0.2) is 68.0 Å². The summed E-state index contributed by atoms with van der Waals surface area (Å²) in [6.45, 7) is 0.976. The second-order valence-corrected chi connectivity index (χ2v) is 8.30. The second-order valence-electron chi connectivity index (χ2n) is 7.89. The standard InChI is InChI=1S/C24H26ClFN2O5/c1-27(2)10-5-11-28-21(14-6-8-15(26)9-7-14)20(23(30)24(28)31)22(29)16-12-19(33-4)17(25)13-18(16)32-3/h6-9,12-13,21,29H,5,10-11H2,1-4H3/b22-20+. The van der Waals surface area contributed by atoms with Gasteiger partial charge in [0.2, 0.25) is 0 Å². The van der Waals surface area contributed by atoms with Crippen molar-refractivity contribution in [2.24, 2.45) is 0 Å². The van der Waals surface area contributed by atoms with Crippen molar-refractivity contribution < 1.29 is 28.6 Å². The van der Waals surface area contributed by atoms with Gasteiger partial charge in [0.15, 0.2) is 0 Å². The van der Waals surface area contributed by atoms with Gasteiger partial charge in [0.1, 0.15) is 23.1 Å². The van der Waals surface area contributed by atoms with Crippen LogP contribution >= 0.6 is 11.6 Å². The monoisotopic (exact) mass is 476 g/mol. The van der Waals surface area contributed by atoms with Crippen molar-refractivity contribution in [1.82, 2.24) is 9.80 Å². The van der Waals surface area contributed by atoms with E-state index in [1.54, 1.807) is 0 Å². The average Bonchev–Trinajstić information content (AvgIpc) is 3.03. The molecule has 0 bridgehead atoms. The summed E-state index contributed by atoms with van der Waals surface area (Å²) in [5.74, 6) is -1.98. The van der Waals surface area contributed by atoms with Crippen LogP contribution in [0, 0.1) is 5.82 Å². The van der Waals surface area contributed by atoms with Crippen LogP contribution in [-0.2, 0) is 9.59 Å². The number of ether oxygens (including phenoxy) is 2. The first-order valence-electron chi connectivity index (χ1n) is 10.3. The summed E-state index contributed by atoms with van der Waals surface area (Å²) < 4.78 is 24.2. The fourth-order valence-electron chi connectivity index (χ4n) is 3.85. The third-order valence-corrected chi connectivity index (χ3v) is 5.75. The van der Waals surface area contributed by atoms with E-state index in [4.69, 9.17) is 21.1 Å². The first-order valence-corrected chi connectivity index (χ1v) is 10.7. The van der Waals surface area contributed by atoms with Gasteiger partial charge in [-0.3, -0.25) is 9.59 Å². The van der Waals surface area contributed by atoms with Crippen LogP contribution in [0.4, 0.5) is 4.39 Å². The van der Waals surface area contributed by atoms with Gasteiger partial charge in [0.05, 0.1) is 36.4 Å². The number of nitrogens with zero attached hydrogens (tertiary/aromatic N) is 2. The maximum Gasteiger partial charge on any atom is 0.295 e. The molecule has 2 aromatic rings. The third-order valence-electron chi connectivity index (χ3n) is 5.46. The summed E-state index contributed by atoms with van der Waals surface area (Å²) >= 11 is 6.17. The number of ketones is 1. The molecule has 1 N–H and O–H groups in total. The van der Waals surface area contributed by atoms with Crippen LogP contribution in [0.1, 0.15) is 23.6 Å². The van der Waals surface area contributed by atoms with Crippen molar-refractivity contribution >= 4 is 29.1 Å². The van der Waals surface area contributed by atoms with Gasteiger partial charge in [-0.25, -0.2) is 4.39 Å². The Morgan fingerprint density at radius 1 is 1.12 bits per heavy atom. The quantitative estimate of drug-likeness (QED) is 0.354. The molecule has 0 saturated carbocycles. The number of carbonyl (C=O) groups is 2. The molecule has 0 aromatic heterocycles. The highest BCUT2D eigenvalue weighted by atomic mass is 35.5. The van der Waals surface area contributed by atoms with E-state index in [1.165, 1.54) is 55.5 Å². The third kappa shape index (κ3) is 4.96. The van der Waals surface area contributed by atoms with Crippen molar-refractivity contribution in [3.05, 3.63) is 63.9 Å². The van der Waals surface area contributed by atoms with Crippen LogP contribution in [0.15, 0.2) is 42.0 Å². The molecule has 1 amide bonds. The predicted octanol–water partition coefficient (Wildman–Crippen LogP) is 3.87. The molecule has 7 nitrogen and oxygen atoms in total. The maximum atomic E-state index is 13.6. The Morgan fingerprint density at radius 2 is 1.76 bits per heavy atom. The number of likely N-dealkylation sites (tertiary alicyclic amines) is 1. The van der Waals surface area contributed by atoms with E-state index in [2.05, 4.69) is 0 Å². The molecule has 1 aliphatic heterocycles. The van der Waals surface area contributed by atoms with Crippen molar-refractivity contribution in [2.75, 3.05) is 41.4 Å². The smallest absolute Gasteiger partial charge is 0.295 e. The SMILES string of the molecule is COc1cc(/C(O)=C2\C(=O)C(=O)N(CCCN(C)C)C2c2ccc(F)cc2)c(OC)cc1Cl. The lowest BCUT2D eigenvalue weighted by atomic mass is 9.95. The Morgan fingerprint density at radius 3 is 2.33 bits per heavy atom. The molecule has 33 heavy (non-hydrogen) atoms. The van der Waals surface area contributed by atoms with Gasteiger partial charge in [0.25, 0.3) is 11.7 Å². The summed E-state index contributed by atoms with van der Waals surface area (Å²) in [6, 6.07) is 7.50. The molecule has 9 heteroatoms. The summed E-state index contributed by atoms with van der Waals surface area (Å²) in [6.07, 6.45) is 0.607. The zero-order chi connectivity index (χ0) is 24.3. The number of benzene rings is 2. The number of aliphatic hydroxyl groups excluding tert-OH is 1. The van der Waals surface area contributed by atoms with E-state index in [0.29, 0.717) is 18.5 Å². The number of carbonyl (C=O) groups excluding carboxylic acids is 2. The Labute approximate surface area is 197 Å². The van der Waals surface area contributed by atoms with Gasteiger partial charge in [-0.15, -0.1) is 0 Å². The normalized spacial score (nSPS) is 17.7. The van der Waals surface area contributed by atoms with Gasteiger partial charge in [-0.1, -0.05) is 23.7 Å². The van der Waals surface area contributed by atoms with Crippen LogP contribution in [0.5, 0.6) is 11.5 Å². The highest BCUT2D eigenvalue weighted by molar-refractivity contribution is 6.46. The van der Waals surface area contributed by atoms with Gasteiger partial charge in [-0.2, -0.15) is 0 Å². The maximum absolute atomic E-state index is 13.6. The van der Waals surface area contributed by atoms with Crippen LogP contribution in [0.2, 0.25) is 5.02 Å². The summed E-state index contributed by atoms with van der Waals surface area (Å²) in [4.78, 5) is 29.5. The molecule has 0 radical (unpaired) electrons. The lowest BCUT2D eigenvalue weighted by molar-refractivity contribution is -0.139. The Balaban J connectivity index is 2.18. The fourth-order valence-corrected chi connectivity index (χ4v) is 4.08. The van der Waals surface area contributed by atoms with Crippen LogP contribution in [0.25, 0.3) is 5.76 Å². The van der Waals surface area contributed by atoms with Crippen LogP contribution in [0.3, 0.4) is 0 Å².